The average Bonchev–Trinajstić information content (AvgIpc) is 2.66. The molecular weight excluding hydrogens is 358 g/mol. The predicted molar refractivity (Wildman–Crippen MR) is 97.9 cm³/mol. The van der Waals surface area contributed by atoms with E-state index in [1.165, 1.54) is 25.4 Å². The van der Waals surface area contributed by atoms with E-state index in [9.17, 15) is 14.8 Å². The Hall–Kier alpha value is -3.32. The van der Waals surface area contributed by atoms with Gasteiger partial charge in [-0.3, -0.25) is 9.59 Å². The SMILES string of the molecule is COc1ccc(-n2ncc3c(=O)c4ccc(Cl)cc4n(O)c3c2=O)cc1. The normalized spacial score (nSPS) is 11.2. The molecule has 1 N–H and O–H groups in total. The number of nitrogens with zero attached hydrogens (tertiary/aromatic N) is 3. The van der Waals surface area contributed by atoms with Gasteiger partial charge in [0, 0.05) is 10.4 Å². The van der Waals surface area contributed by atoms with Gasteiger partial charge >= 0.3 is 0 Å². The van der Waals surface area contributed by atoms with Crippen LogP contribution in [-0.2, 0) is 0 Å². The zero-order valence-corrected chi connectivity index (χ0v) is 14.3. The van der Waals surface area contributed by atoms with E-state index in [0.29, 0.717) is 21.2 Å². The second-order valence-corrected chi connectivity index (χ2v) is 6.06. The van der Waals surface area contributed by atoms with Crippen molar-refractivity contribution in [3.05, 3.63) is 74.3 Å². The fourth-order valence-corrected chi connectivity index (χ4v) is 3.03. The van der Waals surface area contributed by atoms with Crippen LogP contribution in [0, 0.1) is 0 Å². The summed E-state index contributed by atoms with van der Waals surface area (Å²) >= 11 is 5.96. The zero-order valence-electron chi connectivity index (χ0n) is 13.5. The van der Waals surface area contributed by atoms with Gasteiger partial charge in [-0.1, -0.05) is 11.6 Å². The quantitative estimate of drug-likeness (QED) is 0.433. The smallest absolute Gasteiger partial charge is 0.299 e. The molecule has 130 valence electrons. The molecule has 0 aliphatic carbocycles. The van der Waals surface area contributed by atoms with E-state index in [2.05, 4.69) is 5.10 Å². The van der Waals surface area contributed by atoms with Crippen molar-refractivity contribution in [1.82, 2.24) is 14.5 Å². The van der Waals surface area contributed by atoms with Gasteiger partial charge in [0.25, 0.3) is 5.56 Å². The number of hydrogen-bond donors (Lipinski definition) is 1. The minimum atomic E-state index is -0.630. The molecule has 26 heavy (non-hydrogen) atoms. The van der Waals surface area contributed by atoms with Crippen molar-refractivity contribution in [3.63, 3.8) is 0 Å². The Bertz CT molecular complexity index is 1280. The minimum Gasteiger partial charge on any atom is -0.497 e. The fraction of sp³-hybridized carbons (Fsp3) is 0.0556. The Morgan fingerprint density at radius 2 is 1.81 bits per heavy atom. The molecule has 2 heterocycles. The van der Waals surface area contributed by atoms with Crippen molar-refractivity contribution in [3.8, 4) is 11.4 Å². The van der Waals surface area contributed by atoms with Crippen LogP contribution < -0.4 is 15.7 Å². The predicted octanol–water partition coefficient (Wildman–Crippen LogP) is 2.60. The Kier molecular flexibility index (Phi) is 3.66. The highest BCUT2D eigenvalue weighted by Crippen LogP contribution is 2.20. The molecule has 4 aromatic rings. The van der Waals surface area contributed by atoms with Crippen molar-refractivity contribution >= 4 is 33.4 Å². The third kappa shape index (κ3) is 2.33. The lowest BCUT2D eigenvalue weighted by molar-refractivity contribution is 0.210. The van der Waals surface area contributed by atoms with Crippen LogP contribution in [0.1, 0.15) is 0 Å². The molecule has 2 aromatic heterocycles. The van der Waals surface area contributed by atoms with Crippen LogP contribution in [0.15, 0.2) is 58.3 Å². The van der Waals surface area contributed by atoms with E-state index in [4.69, 9.17) is 16.3 Å². The summed E-state index contributed by atoms with van der Waals surface area (Å²) in [7, 11) is 1.54. The van der Waals surface area contributed by atoms with Gasteiger partial charge in [-0.05, 0) is 42.5 Å². The minimum absolute atomic E-state index is 0.0251. The summed E-state index contributed by atoms with van der Waals surface area (Å²) in [5.41, 5.74) is -0.580. The van der Waals surface area contributed by atoms with Crippen LogP contribution in [0.2, 0.25) is 5.02 Å². The van der Waals surface area contributed by atoms with Crippen LogP contribution in [0.5, 0.6) is 5.75 Å². The lowest BCUT2D eigenvalue weighted by Crippen LogP contribution is -2.26. The highest BCUT2D eigenvalue weighted by molar-refractivity contribution is 6.31. The van der Waals surface area contributed by atoms with E-state index in [-0.39, 0.29) is 21.8 Å². The highest BCUT2D eigenvalue weighted by Gasteiger charge is 2.16. The molecule has 0 saturated heterocycles. The lowest BCUT2D eigenvalue weighted by atomic mass is 10.1. The van der Waals surface area contributed by atoms with Crippen LogP contribution in [0.3, 0.4) is 0 Å². The molecule has 0 fully saturated rings. The molecule has 0 amide bonds. The second-order valence-electron chi connectivity index (χ2n) is 5.62. The molecule has 0 aliphatic heterocycles. The van der Waals surface area contributed by atoms with E-state index in [0.717, 1.165) is 4.68 Å². The summed E-state index contributed by atoms with van der Waals surface area (Å²) in [6, 6.07) is 11.1. The largest absolute Gasteiger partial charge is 0.497 e. The van der Waals surface area contributed by atoms with Crippen molar-refractivity contribution < 1.29 is 9.94 Å². The van der Waals surface area contributed by atoms with Crippen molar-refractivity contribution in [2.45, 2.75) is 0 Å². The molecule has 0 aliphatic rings. The number of benzene rings is 2. The molecule has 8 heteroatoms. The van der Waals surface area contributed by atoms with Gasteiger partial charge in [0.05, 0.1) is 29.9 Å². The summed E-state index contributed by atoms with van der Waals surface area (Å²) in [6.07, 6.45) is 1.27. The van der Waals surface area contributed by atoms with Crippen molar-refractivity contribution in [2.24, 2.45) is 0 Å². The topological polar surface area (TPSA) is 86.3 Å². The molecule has 0 bridgehead atoms. The number of fused-ring (bicyclic) bond motifs is 2. The summed E-state index contributed by atoms with van der Waals surface area (Å²) in [5, 5.41) is 15.2. The Morgan fingerprint density at radius 1 is 1.08 bits per heavy atom. The molecule has 7 nitrogen and oxygen atoms in total. The lowest BCUT2D eigenvalue weighted by Gasteiger charge is -2.11. The molecule has 4 rings (SSSR count). The first kappa shape index (κ1) is 16.2. The van der Waals surface area contributed by atoms with E-state index in [1.807, 2.05) is 0 Å². The molecule has 0 unspecified atom stereocenters. The second kappa shape index (κ2) is 5.89. The van der Waals surface area contributed by atoms with Crippen LogP contribution in [0.4, 0.5) is 0 Å². The Balaban J connectivity index is 2.09. The van der Waals surface area contributed by atoms with Gasteiger partial charge in [0.1, 0.15) is 5.75 Å². The molecule has 0 radical (unpaired) electrons. The number of halogens is 1. The number of rotatable bonds is 2. The van der Waals surface area contributed by atoms with Gasteiger partial charge in [-0.2, -0.15) is 14.5 Å². The maximum absolute atomic E-state index is 12.9. The average molecular weight is 370 g/mol. The maximum Gasteiger partial charge on any atom is 0.299 e. The Labute approximate surface area is 151 Å². The molecular formula is C18H12ClN3O4. The summed E-state index contributed by atoms with van der Waals surface area (Å²) < 4.78 is 6.88. The third-order valence-electron chi connectivity index (χ3n) is 4.16. The molecule has 0 atom stereocenters. The van der Waals surface area contributed by atoms with Gasteiger partial charge < -0.3 is 9.94 Å². The van der Waals surface area contributed by atoms with Gasteiger partial charge in [-0.15, -0.1) is 0 Å². The van der Waals surface area contributed by atoms with Gasteiger partial charge in [0.15, 0.2) is 10.9 Å². The molecule has 0 saturated carbocycles. The molecule has 2 aromatic carbocycles. The van der Waals surface area contributed by atoms with E-state index < -0.39 is 11.0 Å². The summed E-state index contributed by atoms with van der Waals surface area (Å²) in [5.74, 6) is 0.627. The zero-order chi connectivity index (χ0) is 18.4. The van der Waals surface area contributed by atoms with Crippen LogP contribution >= 0.6 is 11.6 Å². The van der Waals surface area contributed by atoms with E-state index in [1.54, 1.807) is 30.3 Å². The number of pyridine rings is 1. The number of hydrogen-bond acceptors (Lipinski definition) is 5. The first-order valence-electron chi connectivity index (χ1n) is 7.61. The maximum atomic E-state index is 12.9. The standard InChI is InChI=1S/C18H12ClN3O4/c1-26-12-5-3-11(4-6-12)21-18(24)16-14(9-20-21)17(23)13-7-2-10(19)8-15(13)22(16)25/h2-9,25H,1H3. The van der Waals surface area contributed by atoms with Crippen molar-refractivity contribution in [1.29, 1.82) is 0 Å². The highest BCUT2D eigenvalue weighted by atomic mass is 35.5. The van der Waals surface area contributed by atoms with Crippen molar-refractivity contribution in [2.75, 3.05) is 7.11 Å². The molecule has 0 spiro atoms. The van der Waals surface area contributed by atoms with Crippen LogP contribution in [0.25, 0.3) is 27.5 Å². The monoisotopic (exact) mass is 369 g/mol. The first-order chi connectivity index (χ1) is 12.5. The van der Waals surface area contributed by atoms with Gasteiger partial charge in [0.2, 0.25) is 0 Å². The number of aromatic nitrogens is 3. The fourth-order valence-electron chi connectivity index (χ4n) is 2.86. The Morgan fingerprint density at radius 3 is 2.50 bits per heavy atom. The summed E-state index contributed by atoms with van der Waals surface area (Å²) in [4.78, 5) is 25.6. The van der Waals surface area contributed by atoms with E-state index >= 15 is 0 Å². The number of ether oxygens (including phenoxy) is 1. The van der Waals surface area contributed by atoms with Crippen LogP contribution in [-0.4, -0.2) is 26.8 Å². The first-order valence-corrected chi connectivity index (χ1v) is 7.99. The van der Waals surface area contributed by atoms with Gasteiger partial charge in [-0.25, -0.2) is 0 Å². The number of methoxy groups -OCH3 is 1. The third-order valence-corrected chi connectivity index (χ3v) is 4.39. The summed E-state index contributed by atoms with van der Waals surface area (Å²) in [6.45, 7) is 0.